The van der Waals surface area contributed by atoms with E-state index in [0.29, 0.717) is 12.0 Å². The number of ketones is 1. The van der Waals surface area contributed by atoms with Crippen molar-refractivity contribution in [3.05, 3.63) is 47.0 Å². The Morgan fingerprint density at radius 3 is 2.48 bits per heavy atom. The molecule has 0 aliphatic carbocycles. The quantitative estimate of drug-likeness (QED) is 0.725. The minimum Gasteiger partial charge on any atom is -0.475 e. The van der Waals surface area contributed by atoms with Crippen LogP contribution in [0.25, 0.3) is 0 Å². The number of carbonyl (C=O) groups excluding carboxylic acids is 1. The molecule has 8 nitrogen and oxygen atoms in total. The van der Waals surface area contributed by atoms with Gasteiger partial charge < -0.3 is 9.67 Å². The van der Waals surface area contributed by atoms with Gasteiger partial charge in [-0.05, 0) is 30.5 Å². The van der Waals surface area contributed by atoms with Gasteiger partial charge in [0.15, 0.2) is 0 Å². The van der Waals surface area contributed by atoms with E-state index in [4.69, 9.17) is 10.4 Å². The van der Waals surface area contributed by atoms with E-state index in [0.717, 1.165) is 10.1 Å². The first-order chi connectivity index (χ1) is 13.7. The lowest BCUT2D eigenvalue weighted by Crippen LogP contribution is -2.48. The molecule has 1 aromatic heterocycles. The Morgan fingerprint density at radius 2 is 1.90 bits per heavy atom. The van der Waals surface area contributed by atoms with Crippen molar-refractivity contribution >= 4 is 11.8 Å². The van der Waals surface area contributed by atoms with E-state index in [1.807, 2.05) is 6.07 Å². The molecule has 0 amide bonds. The zero-order chi connectivity index (χ0) is 21.2. The summed E-state index contributed by atoms with van der Waals surface area (Å²) in [5.74, 6) is -3.70. The molecule has 1 aliphatic rings. The number of nitrogens with zero attached hydrogens (tertiary/aromatic N) is 5. The van der Waals surface area contributed by atoms with Crippen LogP contribution in [-0.2, 0) is 35.3 Å². The van der Waals surface area contributed by atoms with Gasteiger partial charge in [-0.2, -0.15) is 18.4 Å². The number of hydrogen-bond acceptors (Lipinski definition) is 6. The molecule has 0 saturated heterocycles. The molecule has 1 N–H and O–H groups in total. The number of hydrogen-bond donors (Lipinski definition) is 1. The summed E-state index contributed by atoms with van der Waals surface area (Å²) in [5, 5.41) is 24.7. The second-order valence-electron chi connectivity index (χ2n) is 6.59. The Kier molecular flexibility index (Phi) is 5.65. The van der Waals surface area contributed by atoms with Gasteiger partial charge in [0.25, 0.3) is 5.78 Å². The first kappa shape index (κ1) is 20.5. The van der Waals surface area contributed by atoms with Crippen LogP contribution in [0.4, 0.5) is 13.2 Å². The van der Waals surface area contributed by atoms with Crippen LogP contribution in [0.15, 0.2) is 24.3 Å². The van der Waals surface area contributed by atoms with Crippen molar-refractivity contribution < 1.29 is 27.9 Å². The van der Waals surface area contributed by atoms with Crippen molar-refractivity contribution in [2.75, 3.05) is 6.54 Å². The minimum absolute atomic E-state index is 0.0325. The van der Waals surface area contributed by atoms with Gasteiger partial charge in [-0.15, -0.1) is 10.2 Å². The second-order valence-corrected chi connectivity index (χ2v) is 6.59. The van der Waals surface area contributed by atoms with Crippen LogP contribution in [0.5, 0.6) is 0 Å². The number of nitriles is 1. The molecule has 1 atom stereocenters. The van der Waals surface area contributed by atoms with Gasteiger partial charge in [0, 0.05) is 13.1 Å². The van der Waals surface area contributed by atoms with Crippen molar-refractivity contribution in [1.82, 2.24) is 19.7 Å². The maximum atomic E-state index is 13.0. The van der Waals surface area contributed by atoms with E-state index in [-0.39, 0.29) is 31.9 Å². The van der Waals surface area contributed by atoms with Gasteiger partial charge in [-0.1, -0.05) is 12.1 Å². The molecule has 0 saturated carbocycles. The van der Waals surface area contributed by atoms with E-state index in [1.54, 1.807) is 24.3 Å². The van der Waals surface area contributed by atoms with Gasteiger partial charge in [-0.3, -0.25) is 9.69 Å². The number of fused-ring (bicyclic) bond motifs is 1. The van der Waals surface area contributed by atoms with Gasteiger partial charge >= 0.3 is 12.1 Å². The predicted molar refractivity (Wildman–Crippen MR) is 91.3 cm³/mol. The first-order valence-corrected chi connectivity index (χ1v) is 8.70. The van der Waals surface area contributed by atoms with Crippen molar-refractivity contribution in [3.63, 3.8) is 0 Å². The van der Waals surface area contributed by atoms with E-state index >= 15 is 0 Å². The predicted octanol–water partition coefficient (Wildman–Crippen LogP) is 1.64. The lowest BCUT2D eigenvalue weighted by molar-refractivity contribution is -0.152. The largest absolute Gasteiger partial charge is 0.475 e. The summed E-state index contributed by atoms with van der Waals surface area (Å²) in [4.78, 5) is 25.0. The van der Waals surface area contributed by atoms with Gasteiger partial charge in [-0.25, -0.2) is 4.79 Å². The van der Waals surface area contributed by atoms with E-state index in [2.05, 4.69) is 10.2 Å². The fraction of sp³-hybridized carbons (Fsp3) is 0.389. The van der Waals surface area contributed by atoms with Gasteiger partial charge in [0.1, 0.15) is 5.82 Å². The standard InChI is InChI=1S/C18H16F3N5O3/c19-18(20,21)17-24-23-14-10-25(7-8-26(14)17)13(15(27)16(28)29)6-5-11-1-3-12(9-22)4-2-11/h1-4,13H,5-8,10H2,(H,28,29). The van der Waals surface area contributed by atoms with E-state index in [9.17, 15) is 22.8 Å². The highest BCUT2D eigenvalue weighted by Crippen LogP contribution is 2.30. The second kappa shape index (κ2) is 8.00. The first-order valence-electron chi connectivity index (χ1n) is 8.70. The van der Waals surface area contributed by atoms with Crippen molar-refractivity contribution in [2.45, 2.75) is 38.1 Å². The topological polar surface area (TPSA) is 112 Å². The van der Waals surface area contributed by atoms with E-state index in [1.165, 1.54) is 4.90 Å². The number of halogens is 3. The average Bonchev–Trinajstić information content (AvgIpc) is 3.12. The Bertz CT molecular complexity index is 963. The fourth-order valence-electron chi connectivity index (χ4n) is 3.32. The summed E-state index contributed by atoms with van der Waals surface area (Å²) in [5.41, 5.74) is 1.29. The lowest BCUT2D eigenvalue weighted by atomic mass is 9.99. The smallest absolute Gasteiger partial charge is 0.451 e. The number of carboxylic acids is 1. The number of aliphatic carboxylic acids is 1. The molecule has 1 aromatic carbocycles. The van der Waals surface area contributed by atoms with Crippen LogP contribution in [0, 0.1) is 11.3 Å². The molecule has 152 valence electrons. The SMILES string of the molecule is N#Cc1ccc(CCC(C(=O)C(=O)O)N2CCn3c(nnc3C(F)(F)F)C2)cc1. The molecular weight excluding hydrogens is 391 g/mol. The van der Waals surface area contributed by atoms with Gasteiger partial charge in [0.2, 0.25) is 5.82 Å². The number of aromatic nitrogens is 3. The summed E-state index contributed by atoms with van der Waals surface area (Å²) < 4.78 is 39.9. The molecule has 0 radical (unpaired) electrons. The number of benzene rings is 1. The summed E-state index contributed by atoms with van der Waals surface area (Å²) in [6, 6.07) is 7.64. The monoisotopic (exact) mass is 407 g/mol. The minimum atomic E-state index is -4.64. The van der Waals surface area contributed by atoms with Crippen LogP contribution >= 0.6 is 0 Å². The number of rotatable bonds is 6. The van der Waals surface area contributed by atoms with Crippen LogP contribution in [0.2, 0.25) is 0 Å². The third kappa shape index (κ3) is 4.43. The van der Waals surface area contributed by atoms with Crippen LogP contribution in [-0.4, -0.2) is 49.1 Å². The number of alkyl halides is 3. The normalized spacial score (nSPS) is 15.4. The third-order valence-corrected chi connectivity index (χ3v) is 4.78. The van der Waals surface area contributed by atoms with Crippen molar-refractivity contribution in [2.24, 2.45) is 0 Å². The van der Waals surface area contributed by atoms with Crippen molar-refractivity contribution in [3.8, 4) is 6.07 Å². The molecule has 0 bridgehead atoms. The molecule has 11 heteroatoms. The maximum Gasteiger partial charge on any atom is 0.451 e. The summed E-state index contributed by atoms with van der Waals surface area (Å²) in [7, 11) is 0. The summed E-state index contributed by atoms with van der Waals surface area (Å²) >= 11 is 0. The Hall–Kier alpha value is -3.26. The fourth-order valence-corrected chi connectivity index (χ4v) is 3.32. The van der Waals surface area contributed by atoms with E-state index < -0.39 is 29.8 Å². The lowest BCUT2D eigenvalue weighted by Gasteiger charge is -2.33. The Balaban J connectivity index is 1.77. The van der Waals surface area contributed by atoms with Crippen LogP contribution in [0.1, 0.15) is 29.2 Å². The zero-order valence-electron chi connectivity index (χ0n) is 15.1. The summed E-state index contributed by atoms with van der Waals surface area (Å²) in [6.45, 7) is -0.150. The van der Waals surface area contributed by atoms with Gasteiger partial charge in [0.05, 0.1) is 24.2 Å². The highest BCUT2D eigenvalue weighted by molar-refractivity contribution is 6.34. The number of carboxylic acid groups (broad SMARTS) is 1. The molecule has 0 fully saturated rings. The number of aryl methyl sites for hydroxylation is 1. The highest BCUT2D eigenvalue weighted by atomic mass is 19.4. The van der Waals surface area contributed by atoms with Crippen LogP contribution in [0.3, 0.4) is 0 Å². The molecule has 3 rings (SSSR count). The number of Topliss-reactive ketones (excluding diaryl/α,β-unsaturated/α-hetero) is 1. The third-order valence-electron chi connectivity index (χ3n) is 4.78. The Labute approximate surface area is 163 Å². The molecule has 1 unspecified atom stereocenters. The molecule has 29 heavy (non-hydrogen) atoms. The highest BCUT2D eigenvalue weighted by Gasteiger charge is 2.41. The molecule has 2 heterocycles. The molecule has 1 aliphatic heterocycles. The Morgan fingerprint density at radius 1 is 1.21 bits per heavy atom. The average molecular weight is 407 g/mol. The molecular formula is C18H16F3N5O3. The molecule has 2 aromatic rings. The van der Waals surface area contributed by atoms with Crippen molar-refractivity contribution in [1.29, 1.82) is 5.26 Å². The maximum absolute atomic E-state index is 13.0. The number of carbonyl (C=O) groups is 2. The zero-order valence-corrected chi connectivity index (χ0v) is 15.1. The molecule has 0 spiro atoms. The van der Waals surface area contributed by atoms with Crippen LogP contribution < -0.4 is 0 Å². The summed E-state index contributed by atoms with van der Waals surface area (Å²) in [6.07, 6.45) is -4.11.